The molecule has 1 aliphatic rings. The molecule has 1 saturated heterocycles. The van der Waals surface area contributed by atoms with Crippen LogP contribution in [-0.2, 0) is 9.31 Å². The minimum Gasteiger partial charge on any atom is -0.405 e. The summed E-state index contributed by atoms with van der Waals surface area (Å²) in [6, 6.07) is 19.3. The highest BCUT2D eigenvalue weighted by molar-refractivity contribution is 6.68. The van der Waals surface area contributed by atoms with Gasteiger partial charge >= 0.3 is 7.12 Å². The van der Waals surface area contributed by atoms with Crippen molar-refractivity contribution in [2.45, 2.75) is 0 Å². The highest BCUT2D eigenvalue weighted by atomic mass is 19.1. The highest BCUT2D eigenvalue weighted by Gasteiger charge is 2.31. The molecule has 0 aliphatic carbocycles. The lowest BCUT2D eigenvalue weighted by atomic mass is 9.72. The summed E-state index contributed by atoms with van der Waals surface area (Å²) in [6.07, 6.45) is 0. The average molecular weight is 360 g/mol. The van der Waals surface area contributed by atoms with Crippen LogP contribution >= 0.6 is 0 Å². The predicted molar refractivity (Wildman–Crippen MR) is 104 cm³/mol. The van der Waals surface area contributed by atoms with Gasteiger partial charge in [-0.3, -0.25) is 0 Å². The van der Waals surface area contributed by atoms with E-state index < -0.39 is 18.8 Å². The number of fused-ring (bicyclic) bond motifs is 2. The highest BCUT2D eigenvalue weighted by Crippen LogP contribution is 2.37. The maximum Gasteiger partial charge on any atom is 0.495 e. The van der Waals surface area contributed by atoms with Crippen molar-refractivity contribution in [1.29, 1.82) is 0 Å². The summed E-state index contributed by atoms with van der Waals surface area (Å²) in [5.41, 5.74) is 2.08. The molecule has 27 heavy (non-hydrogen) atoms. The van der Waals surface area contributed by atoms with Crippen LogP contribution in [0.1, 0.15) is 0 Å². The van der Waals surface area contributed by atoms with Gasteiger partial charge in [0.15, 0.2) is 0 Å². The zero-order valence-corrected chi connectivity index (χ0v) is 14.4. The van der Waals surface area contributed by atoms with Crippen LogP contribution in [0.15, 0.2) is 66.7 Å². The topological polar surface area (TPSA) is 18.5 Å². The Hall–Kier alpha value is -2.76. The van der Waals surface area contributed by atoms with Crippen molar-refractivity contribution < 1.29 is 18.1 Å². The number of hydrogen-bond acceptors (Lipinski definition) is 2. The maximum absolute atomic E-state index is 14.7. The second-order valence-corrected chi connectivity index (χ2v) is 6.58. The summed E-state index contributed by atoms with van der Waals surface area (Å²) < 4.78 is 39.8. The minimum atomic E-state index is -0.589. The van der Waals surface area contributed by atoms with Crippen LogP contribution in [0.4, 0.5) is 8.78 Å². The van der Waals surface area contributed by atoms with E-state index >= 15 is 0 Å². The zero-order chi connectivity index (χ0) is 18.4. The third-order valence-electron chi connectivity index (χ3n) is 5.03. The molecule has 0 unspecified atom stereocenters. The Morgan fingerprint density at radius 1 is 0.704 bits per heavy atom. The van der Waals surface area contributed by atoms with E-state index in [-0.39, 0.29) is 0 Å². The summed E-state index contributed by atoms with van der Waals surface area (Å²) >= 11 is 0. The Balaban J connectivity index is 1.95. The van der Waals surface area contributed by atoms with Gasteiger partial charge in [-0.2, -0.15) is 0 Å². The molecule has 5 rings (SSSR count). The second-order valence-electron chi connectivity index (χ2n) is 6.58. The lowest BCUT2D eigenvalue weighted by molar-refractivity contribution is 0.365. The summed E-state index contributed by atoms with van der Waals surface area (Å²) in [5, 5.41) is 3.66. The number of halogens is 2. The van der Waals surface area contributed by atoms with Crippen molar-refractivity contribution in [3.05, 3.63) is 78.4 Å². The van der Waals surface area contributed by atoms with Crippen LogP contribution < -0.4 is 5.46 Å². The van der Waals surface area contributed by atoms with E-state index in [2.05, 4.69) is 0 Å². The average Bonchev–Trinajstić information content (AvgIpc) is 3.21. The van der Waals surface area contributed by atoms with Crippen molar-refractivity contribution in [2.24, 2.45) is 0 Å². The summed E-state index contributed by atoms with van der Waals surface area (Å²) in [7, 11) is -0.452. The number of benzene rings is 4. The first kappa shape index (κ1) is 16.4. The molecule has 4 aromatic carbocycles. The van der Waals surface area contributed by atoms with E-state index in [0.29, 0.717) is 18.8 Å². The molecule has 5 heteroatoms. The lowest BCUT2D eigenvalue weighted by Crippen LogP contribution is -2.33. The lowest BCUT2D eigenvalue weighted by Gasteiger charge is -2.18. The van der Waals surface area contributed by atoms with Gasteiger partial charge in [-0.15, -0.1) is 0 Å². The van der Waals surface area contributed by atoms with E-state index in [1.807, 2.05) is 48.5 Å². The van der Waals surface area contributed by atoms with Crippen LogP contribution in [0.2, 0.25) is 0 Å². The van der Waals surface area contributed by atoms with Crippen molar-refractivity contribution in [2.75, 3.05) is 13.2 Å². The smallest absolute Gasteiger partial charge is 0.405 e. The molecule has 0 aromatic heterocycles. The Labute approximate surface area is 155 Å². The fourth-order valence-corrected chi connectivity index (χ4v) is 3.92. The molecule has 1 aliphatic heterocycles. The van der Waals surface area contributed by atoms with Crippen LogP contribution in [0, 0.1) is 11.6 Å². The number of hydrogen-bond donors (Lipinski definition) is 0. The Bertz CT molecular complexity index is 1110. The van der Waals surface area contributed by atoms with Gasteiger partial charge in [0.25, 0.3) is 0 Å². The van der Waals surface area contributed by atoms with Gasteiger partial charge < -0.3 is 9.31 Å². The normalized spacial score (nSPS) is 14.4. The van der Waals surface area contributed by atoms with E-state index in [1.165, 1.54) is 12.1 Å². The van der Waals surface area contributed by atoms with E-state index in [9.17, 15) is 8.78 Å². The van der Waals surface area contributed by atoms with Gasteiger partial charge in [0.2, 0.25) is 0 Å². The molecule has 4 aromatic rings. The van der Waals surface area contributed by atoms with E-state index in [1.54, 1.807) is 0 Å². The molecule has 132 valence electrons. The van der Waals surface area contributed by atoms with Crippen LogP contribution in [-0.4, -0.2) is 20.3 Å². The molecule has 2 nitrogen and oxygen atoms in total. The molecule has 0 saturated carbocycles. The molecule has 0 atom stereocenters. The minimum absolute atomic E-state index is 0.378. The zero-order valence-electron chi connectivity index (χ0n) is 14.4. The summed E-state index contributed by atoms with van der Waals surface area (Å²) in [5.74, 6) is -1.17. The van der Waals surface area contributed by atoms with Gasteiger partial charge in [-0.05, 0) is 39.1 Å². The Morgan fingerprint density at radius 2 is 1.26 bits per heavy atom. The van der Waals surface area contributed by atoms with Gasteiger partial charge in [0.05, 0.1) is 13.2 Å². The van der Waals surface area contributed by atoms with Crippen molar-refractivity contribution in [3.63, 3.8) is 0 Å². The van der Waals surface area contributed by atoms with Gasteiger partial charge in [-0.25, -0.2) is 8.78 Å². The monoisotopic (exact) mass is 360 g/mol. The molecule has 0 radical (unpaired) electrons. The molecule has 0 spiro atoms. The van der Waals surface area contributed by atoms with Crippen LogP contribution in [0.3, 0.4) is 0 Å². The maximum atomic E-state index is 14.7. The molecule has 0 amide bonds. The molecule has 0 bridgehead atoms. The third kappa shape index (κ3) is 2.62. The van der Waals surface area contributed by atoms with Crippen LogP contribution in [0.25, 0.3) is 32.7 Å². The van der Waals surface area contributed by atoms with Crippen molar-refractivity contribution in [1.82, 2.24) is 0 Å². The van der Waals surface area contributed by atoms with E-state index in [0.717, 1.165) is 38.6 Å². The molecular weight excluding hydrogens is 345 g/mol. The number of rotatable bonds is 2. The van der Waals surface area contributed by atoms with Gasteiger partial charge in [0.1, 0.15) is 11.6 Å². The first-order valence-electron chi connectivity index (χ1n) is 8.86. The predicted octanol–water partition coefficient (Wildman–Crippen LogP) is 4.68. The SMILES string of the molecule is Fc1ccc(-c2c3ccccc3c(B3OCCO3)c3ccccc23)c(F)c1. The Kier molecular flexibility index (Phi) is 3.92. The molecule has 1 fully saturated rings. The van der Waals surface area contributed by atoms with Crippen molar-refractivity contribution >= 4 is 34.1 Å². The standard InChI is InChI=1S/C22H15BF2O2/c24-14-9-10-19(20(25)13-14)21-15-5-1-3-7-17(15)22(23-26-11-12-27-23)18-8-4-2-6-16(18)21/h1-10,13H,11-12H2. The largest absolute Gasteiger partial charge is 0.495 e. The molecular formula is C22H15BF2O2. The first-order chi connectivity index (χ1) is 13.2. The van der Waals surface area contributed by atoms with Gasteiger partial charge in [0, 0.05) is 17.2 Å². The summed E-state index contributed by atoms with van der Waals surface area (Å²) in [4.78, 5) is 0. The second kappa shape index (κ2) is 6.45. The molecule has 0 N–H and O–H groups in total. The van der Waals surface area contributed by atoms with Gasteiger partial charge in [-0.1, -0.05) is 48.5 Å². The van der Waals surface area contributed by atoms with Crippen molar-refractivity contribution in [3.8, 4) is 11.1 Å². The van der Waals surface area contributed by atoms with Crippen LogP contribution in [0.5, 0.6) is 0 Å². The fourth-order valence-electron chi connectivity index (χ4n) is 3.92. The Morgan fingerprint density at radius 3 is 1.81 bits per heavy atom. The first-order valence-corrected chi connectivity index (χ1v) is 8.86. The fraction of sp³-hybridized carbons (Fsp3) is 0.0909. The summed E-state index contributed by atoms with van der Waals surface area (Å²) in [6.45, 7) is 1.09. The molecule has 1 heterocycles. The third-order valence-corrected chi connectivity index (χ3v) is 5.03. The quantitative estimate of drug-likeness (QED) is 0.382. The van der Waals surface area contributed by atoms with E-state index in [4.69, 9.17) is 9.31 Å².